The van der Waals surface area contributed by atoms with Crippen molar-refractivity contribution in [2.45, 2.75) is 18.9 Å². The van der Waals surface area contributed by atoms with Crippen LogP contribution in [0.5, 0.6) is 5.75 Å². The van der Waals surface area contributed by atoms with Gasteiger partial charge in [-0.05, 0) is 47.4 Å². The molecule has 1 aromatic heterocycles. The normalized spacial score (nSPS) is 20.9. The van der Waals surface area contributed by atoms with Crippen LogP contribution in [0.25, 0.3) is 11.0 Å². The molecule has 4 nitrogen and oxygen atoms in total. The minimum atomic E-state index is 0.261. The zero-order valence-electron chi connectivity index (χ0n) is 9.36. The molecule has 5 heteroatoms. The number of aromatic nitrogens is 2. The summed E-state index contributed by atoms with van der Waals surface area (Å²) in [5.41, 5.74) is 1.91. The molecule has 0 bridgehead atoms. The number of benzene rings is 1. The Labute approximate surface area is 108 Å². The fourth-order valence-corrected chi connectivity index (χ4v) is 3.13. The molecule has 3 rings (SSSR count). The number of phenolic OH excluding ortho intramolecular Hbond substituents is 1. The molecule has 1 saturated heterocycles. The van der Waals surface area contributed by atoms with Gasteiger partial charge in [-0.1, -0.05) is 0 Å². The predicted octanol–water partition coefficient (Wildman–Crippen LogP) is 2.43. The van der Waals surface area contributed by atoms with Crippen molar-refractivity contribution >= 4 is 27.0 Å². The molecule has 1 unspecified atom stereocenters. The first kappa shape index (κ1) is 11.0. The lowest BCUT2D eigenvalue weighted by Crippen LogP contribution is -2.31. The van der Waals surface area contributed by atoms with Gasteiger partial charge in [0.1, 0.15) is 5.75 Å². The largest absolute Gasteiger partial charge is 0.508 e. The van der Waals surface area contributed by atoms with E-state index in [1.54, 1.807) is 12.1 Å². The topological polar surface area (TPSA) is 50.1 Å². The van der Waals surface area contributed by atoms with E-state index < -0.39 is 0 Å². The van der Waals surface area contributed by atoms with E-state index >= 15 is 0 Å². The second-order valence-corrected chi connectivity index (χ2v) is 5.13. The third kappa shape index (κ3) is 1.93. The number of aromatic hydroxyl groups is 1. The number of halogens is 1. The zero-order chi connectivity index (χ0) is 11.8. The van der Waals surface area contributed by atoms with Crippen molar-refractivity contribution in [3.63, 3.8) is 0 Å². The van der Waals surface area contributed by atoms with Gasteiger partial charge in [0.25, 0.3) is 0 Å². The Morgan fingerprint density at radius 1 is 1.47 bits per heavy atom. The average molecular weight is 296 g/mol. The number of fused-ring (bicyclic) bond motifs is 1. The smallest absolute Gasteiger partial charge is 0.178 e. The lowest BCUT2D eigenvalue weighted by molar-refractivity contribution is 0.373. The Balaban J connectivity index is 2.11. The molecule has 1 aliphatic rings. The SMILES string of the molecule is Oc1ccc2c(c1)nc(Br)n2C1CCCNC1. The van der Waals surface area contributed by atoms with Crippen LogP contribution in [-0.4, -0.2) is 27.7 Å². The molecule has 2 aromatic rings. The van der Waals surface area contributed by atoms with Crippen LogP contribution in [0.15, 0.2) is 22.9 Å². The lowest BCUT2D eigenvalue weighted by Gasteiger charge is -2.25. The standard InChI is InChI=1S/C12H14BrN3O/c13-12-15-10-6-9(17)3-4-11(10)16(12)8-2-1-5-14-7-8/h3-4,6,8,14,17H,1-2,5,7H2. The summed E-state index contributed by atoms with van der Waals surface area (Å²) in [6.45, 7) is 2.08. The van der Waals surface area contributed by atoms with Gasteiger partial charge in [-0.3, -0.25) is 0 Å². The number of hydrogen-bond donors (Lipinski definition) is 2. The summed E-state index contributed by atoms with van der Waals surface area (Å²) < 4.78 is 3.05. The lowest BCUT2D eigenvalue weighted by atomic mass is 10.1. The highest BCUT2D eigenvalue weighted by Gasteiger charge is 2.20. The Hall–Kier alpha value is -1.07. The average Bonchev–Trinajstić information content (AvgIpc) is 2.65. The van der Waals surface area contributed by atoms with Crippen LogP contribution >= 0.6 is 15.9 Å². The molecule has 2 heterocycles. The number of rotatable bonds is 1. The molecule has 1 aliphatic heterocycles. The summed E-state index contributed by atoms with van der Waals surface area (Å²) in [7, 11) is 0. The summed E-state index contributed by atoms with van der Waals surface area (Å²) in [5, 5.41) is 12.9. The Morgan fingerprint density at radius 3 is 3.12 bits per heavy atom. The quantitative estimate of drug-likeness (QED) is 0.850. The molecule has 90 valence electrons. The molecule has 1 fully saturated rings. The van der Waals surface area contributed by atoms with Gasteiger partial charge in [-0.25, -0.2) is 4.98 Å². The molecule has 0 spiro atoms. The van der Waals surface area contributed by atoms with E-state index in [0.717, 1.165) is 35.3 Å². The molecule has 0 aliphatic carbocycles. The maximum Gasteiger partial charge on any atom is 0.178 e. The third-order valence-corrected chi connectivity index (χ3v) is 3.83. The molecule has 0 amide bonds. The van der Waals surface area contributed by atoms with E-state index in [1.165, 1.54) is 6.42 Å². The first-order valence-electron chi connectivity index (χ1n) is 5.83. The monoisotopic (exact) mass is 295 g/mol. The molecular weight excluding hydrogens is 282 g/mol. The summed E-state index contributed by atoms with van der Waals surface area (Å²) in [4.78, 5) is 4.44. The molecule has 2 N–H and O–H groups in total. The number of nitrogens with zero attached hydrogens (tertiary/aromatic N) is 2. The van der Waals surface area contributed by atoms with Crippen LogP contribution < -0.4 is 5.32 Å². The highest BCUT2D eigenvalue weighted by molar-refractivity contribution is 9.10. The van der Waals surface area contributed by atoms with Crippen molar-refractivity contribution < 1.29 is 5.11 Å². The molecule has 0 radical (unpaired) electrons. The van der Waals surface area contributed by atoms with Gasteiger partial charge < -0.3 is 15.0 Å². The first-order chi connectivity index (χ1) is 8.25. The van der Waals surface area contributed by atoms with Crippen LogP contribution in [0.3, 0.4) is 0 Å². The number of nitrogens with one attached hydrogen (secondary N) is 1. The van der Waals surface area contributed by atoms with E-state index in [1.807, 2.05) is 6.07 Å². The van der Waals surface area contributed by atoms with E-state index in [-0.39, 0.29) is 5.75 Å². The Kier molecular flexibility index (Phi) is 2.80. The molecular formula is C12H14BrN3O. The highest BCUT2D eigenvalue weighted by atomic mass is 79.9. The van der Waals surface area contributed by atoms with Crippen LogP contribution in [0.4, 0.5) is 0 Å². The number of imidazole rings is 1. The molecule has 1 atom stereocenters. The fraction of sp³-hybridized carbons (Fsp3) is 0.417. The van der Waals surface area contributed by atoms with Gasteiger partial charge >= 0.3 is 0 Å². The van der Waals surface area contributed by atoms with E-state index in [9.17, 15) is 5.11 Å². The van der Waals surface area contributed by atoms with Gasteiger partial charge in [0.2, 0.25) is 0 Å². The summed E-state index contributed by atoms with van der Waals surface area (Å²) in [5.74, 6) is 0.261. The van der Waals surface area contributed by atoms with E-state index in [0.29, 0.717) is 6.04 Å². The minimum absolute atomic E-state index is 0.261. The summed E-state index contributed by atoms with van der Waals surface area (Å²) >= 11 is 3.51. The van der Waals surface area contributed by atoms with Gasteiger partial charge in [-0.15, -0.1) is 0 Å². The van der Waals surface area contributed by atoms with Crippen LogP contribution in [0.2, 0.25) is 0 Å². The second kappa shape index (κ2) is 4.31. The molecule has 0 saturated carbocycles. The first-order valence-corrected chi connectivity index (χ1v) is 6.62. The van der Waals surface area contributed by atoms with Crippen LogP contribution in [0.1, 0.15) is 18.9 Å². The zero-order valence-corrected chi connectivity index (χ0v) is 10.9. The van der Waals surface area contributed by atoms with Gasteiger partial charge in [0, 0.05) is 18.7 Å². The summed E-state index contributed by atoms with van der Waals surface area (Å²) in [6, 6.07) is 5.78. The van der Waals surface area contributed by atoms with Crippen molar-refractivity contribution in [2.24, 2.45) is 0 Å². The molecule has 17 heavy (non-hydrogen) atoms. The second-order valence-electron chi connectivity index (χ2n) is 4.42. The summed E-state index contributed by atoms with van der Waals surface area (Å²) in [6.07, 6.45) is 2.35. The van der Waals surface area contributed by atoms with Crippen molar-refractivity contribution in [1.82, 2.24) is 14.9 Å². The van der Waals surface area contributed by atoms with Crippen molar-refractivity contribution in [1.29, 1.82) is 0 Å². The number of piperidine rings is 1. The van der Waals surface area contributed by atoms with Gasteiger partial charge in [0.15, 0.2) is 4.73 Å². The van der Waals surface area contributed by atoms with Crippen molar-refractivity contribution in [2.75, 3.05) is 13.1 Å². The highest BCUT2D eigenvalue weighted by Crippen LogP contribution is 2.29. The number of hydrogen-bond acceptors (Lipinski definition) is 3. The predicted molar refractivity (Wildman–Crippen MR) is 70.2 cm³/mol. The minimum Gasteiger partial charge on any atom is -0.508 e. The van der Waals surface area contributed by atoms with Crippen LogP contribution in [-0.2, 0) is 0 Å². The molecule has 1 aromatic carbocycles. The Bertz CT molecular complexity index is 546. The van der Waals surface area contributed by atoms with E-state index in [2.05, 4.69) is 30.8 Å². The van der Waals surface area contributed by atoms with E-state index in [4.69, 9.17) is 0 Å². The van der Waals surface area contributed by atoms with Crippen molar-refractivity contribution in [3.8, 4) is 5.75 Å². The van der Waals surface area contributed by atoms with Gasteiger partial charge in [-0.2, -0.15) is 0 Å². The van der Waals surface area contributed by atoms with Crippen LogP contribution in [0, 0.1) is 0 Å². The fourth-order valence-electron chi connectivity index (χ4n) is 2.46. The van der Waals surface area contributed by atoms with Gasteiger partial charge in [0.05, 0.1) is 11.0 Å². The maximum absolute atomic E-state index is 9.46. The Morgan fingerprint density at radius 2 is 2.35 bits per heavy atom. The number of phenols is 1. The maximum atomic E-state index is 9.46. The third-order valence-electron chi connectivity index (χ3n) is 3.27. The van der Waals surface area contributed by atoms with Crippen molar-refractivity contribution in [3.05, 3.63) is 22.9 Å².